The summed E-state index contributed by atoms with van der Waals surface area (Å²) in [6.45, 7) is 8.78. The number of hydrogen-bond acceptors (Lipinski definition) is 3. The molecule has 0 aliphatic carbocycles. The van der Waals surface area contributed by atoms with Crippen LogP contribution in [0, 0.1) is 6.92 Å². The van der Waals surface area contributed by atoms with Crippen LogP contribution in [0.4, 0.5) is 0 Å². The van der Waals surface area contributed by atoms with E-state index >= 15 is 0 Å². The third kappa shape index (κ3) is 4.28. The van der Waals surface area contributed by atoms with E-state index in [0.717, 1.165) is 62.9 Å². The van der Waals surface area contributed by atoms with E-state index in [0.29, 0.717) is 6.04 Å². The Morgan fingerprint density at radius 1 is 1.34 bits per heavy atom. The molecule has 3 aromatic rings. The van der Waals surface area contributed by atoms with Crippen LogP contribution >= 0.6 is 0 Å². The number of aryl methyl sites for hydroxylation is 3. The molecule has 0 bridgehead atoms. The second kappa shape index (κ2) is 8.68. The first-order valence-electron chi connectivity index (χ1n) is 10.7. The Kier molecular flexibility index (Phi) is 5.83. The standard InChI is InChI=1S/C22H31N7/c1-4-19-27-20-10-9-17(14-29(20)28-19)26-22(23-5-2)24-12-11-16-13-25-21-15(3)7-6-8-18(16)21/h6-8,13,17,25H,4-5,9-12,14H2,1-3H3,(H2,23,24,26). The van der Waals surface area contributed by atoms with Gasteiger partial charge in [-0.3, -0.25) is 4.99 Å². The van der Waals surface area contributed by atoms with Crippen LogP contribution in [0.3, 0.4) is 0 Å². The first-order valence-corrected chi connectivity index (χ1v) is 10.7. The lowest BCUT2D eigenvalue weighted by atomic mass is 10.1. The zero-order valence-electron chi connectivity index (χ0n) is 17.6. The van der Waals surface area contributed by atoms with Crippen LogP contribution in [0.25, 0.3) is 10.9 Å². The average molecular weight is 394 g/mol. The van der Waals surface area contributed by atoms with Gasteiger partial charge in [-0.1, -0.05) is 25.1 Å². The predicted octanol–water partition coefficient (Wildman–Crippen LogP) is 2.74. The maximum atomic E-state index is 4.82. The van der Waals surface area contributed by atoms with E-state index in [9.17, 15) is 0 Å². The van der Waals surface area contributed by atoms with Gasteiger partial charge in [0.25, 0.3) is 0 Å². The normalized spacial score (nSPS) is 16.8. The van der Waals surface area contributed by atoms with Crippen LogP contribution in [0.5, 0.6) is 0 Å². The van der Waals surface area contributed by atoms with E-state index in [-0.39, 0.29) is 0 Å². The smallest absolute Gasteiger partial charge is 0.191 e. The second-order valence-electron chi connectivity index (χ2n) is 7.68. The number of hydrogen-bond donors (Lipinski definition) is 3. The first kappa shape index (κ1) is 19.5. The van der Waals surface area contributed by atoms with Crippen molar-refractivity contribution in [3.63, 3.8) is 0 Å². The van der Waals surface area contributed by atoms with Crippen LogP contribution in [-0.4, -0.2) is 44.8 Å². The number of nitrogens with one attached hydrogen (secondary N) is 3. The summed E-state index contributed by atoms with van der Waals surface area (Å²) >= 11 is 0. The molecule has 0 saturated heterocycles. The largest absolute Gasteiger partial charge is 0.361 e. The minimum atomic E-state index is 0.322. The average Bonchev–Trinajstić information content (AvgIpc) is 3.32. The number of benzene rings is 1. The summed E-state index contributed by atoms with van der Waals surface area (Å²) in [7, 11) is 0. The van der Waals surface area contributed by atoms with Crippen molar-refractivity contribution in [3.05, 3.63) is 47.2 Å². The molecule has 0 saturated carbocycles. The van der Waals surface area contributed by atoms with E-state index in [1.54, 1.807) is 0 Å². The number of H-pyrrole nitrogens is 1. The molecule has 0 radical (unpaired) electrons. The number of guanidine groups is 1. The van der Waals surface area contributed by atoms with E-state index in [2.05, 4.69) is 75.5 Å². The van der Waals surface area contributed by atoms with Crippen molar-refractivity contribution in [2.24, 2.45) is 4.99 Å². The van der Waals surface area contributed by atoms with E-state index in [1.165, 1.54) is 22.0 Å². The van der Waals surface area contributed by atoms with Crippen molar-refractivity contribution >= 4 is 16.9 Å². The van der Waals surface area contributed by atoms with Crippen molar-refractivity contribution in [1.29, 1.82) is 0 Å². The molecule has 0 spiro atoms. The van der Waals surface area contributed by atoms with Gasteiger partial charge in [-0.15, -0.1) is 0 Å². The Morgan fingerprint density at radius 2 is 2.24 bits per heavy atom. The lowest BCUT2D eigenvalue weighted by molar-refractivity contribution is 0.392. The summed E-state index contributed by atoms with van der Waals surface area (Å²) in [5.74, 6) is 2.93. The molecule has 2 aromatic heterocycles. The van der Waals surface area contributed by atoms with Crippen LogP contribution in [-0.2, 0) is 25.8 Å². The summed E-state index contributed by atoms with van der Waals surface area (Å²) in [6.07, 6.45) is 5.92. The quantitative estimate of drug-likeness (QED) is 0.444. The Morgan fingerprint density at radius 3 is 3.07 bits per heavy atom. The summed E-state index contributed by atoms with van der Waals surface area (Å²) in [6, 6.07) is 6.77. The zero-order chi connectivity index (χ0) is 20.2. The van der Waals surface area contributed by atoms with Crippen LogP contribution in [0.15, 0.2) is 29.4 Å². The molecule has 4 rings (SSSR count). The van der Waals surface area contributed by atoms with Crippen LogP contribution < -0.4 is 10.6 Å². The molecule has 1 aliphatic heterocycles. The Hall–Kier alpha value is -2.83. The Balaban J connectivity index is 1.39. The number of nitrogens with zero attached hydrogens (tertiary/aromatic N) is 4. The lowest BCUT2D eigenvalue weighted by Gasteiger charge is -2.25. The molecule has 3 N–H and O–H groups in total. The molecule has 7 nitrogen and oxygen atoms in total. The second-order valence-corrected chi connectivity index (χ2v) is 7.68. The number of aliphatic imine (C=N–C) groups is 1. The minimum Gasteiger partial charge on any atom is -0.361 e. The van der Waals surface area contributed by atoms with Crippen molar-refractivity contribution in [1.82, 2.24) is 30.4 Å². The Labute approximate surface area is 172 Å². The molecule has 0 amide bonds. The van der Waals surface area contributed by atoms with Gasteiger partial charge in [0.2, 0.25) is 0 Å². The molecule has 154 valence electrons. The van der Waals surface area contributed by atoms with E-state index in [1.807, 2.05) is 0 Å². The van der Waals surface area contributed by atoms with Crippen molar-refractivity contribution in [2.45, 2.75) is 59.0 Å². The molecule has 1 unspecified atom stereocenters. The maximum absolute atomic E-state index is 4.82. The molecule has 7 heteroatoms. The molecule has 1 aromatic carbocycles. The lowest BCUT2D eigenvalue weighted by Crippen LogP contribution is -2.47. The molecule has 29 heavy (non-hydrogen) atoms. The fourth-order valence-corrected chi connectivity index (χ4v) is 4.00. The highest BCUT2D eigenvalue weighted by Crippen LogP contribution is 2.21. The van der Waals surface area contributed by atoms with Crippen LogP contribution in [0.2, 0.25) is 0 Å². The summed E-state index contributed by atoms with van der Waals surface area (Å²) in [5, 5.41) is 12.9. The van der Waals surface area contributed by atoms with Gasteiger partial charge in [0, 0.05) is 49.1 Å². The van der Waals surface area contributed by atoms with Gasteiger partial charge in [-0.25, -0.2) is 9.67 Å². The number of para-hydroxylation sites is 1. The molecule has 0 fully saturated rings. The van der Waals surface area contributed by atoms with Gasteiger partial charge in [0.1, 0.15) is 5.82 Å². The summed E-state index contributed by atoms with van der Waals surface area (Å²) < 4.78 is 2.05. The van der Waals surface area contributed by atoms with Crippen LogP contribution in [0.1, 0.15) is 43.0 Å². The third-order valence-corrected chi connectivity index (χ3v) is 5.56. The van der Waals surface area contributed by atoms with Gasteiger partial charge < -0.3 is 15.6 Å². The fraction of sp³-hybridized carbons (Fsp3) is 0.500. The number of aromatic nitrogens is 4. The third-order valence-electron chi connectivity index (χ3n) is 5.56. The summed E-state index contributed by atoms with van der Waals surface area (Å²) in [5.41, 5.74) is 3.83. The fourth-order valence-electron chi connectivity index (χ4n) is 4.00. The predicted molar refractivity (Wildman–Crippen MR) is 117 cm³/mol. The van der Waals surface area contributed by atoms with Gasteiger partial charge in [0.15, 0.2) is 11.8 Å². The Bertz CT molecular complexity index is 998. The molecule has 1 atom stereocenters. The van der Waals surface area contributed by atoms with E-state index in [4.69, 9.17) is 4.99 Å². The minimum absolute atomic E-state index is 0.322. The van der Waals surface area contributed by atoms with E-state index < -0.39 is 0 Å². The maximum Gasteiger partial charge on any atom is 0.191 e. The van der Waals surface area contributed by atoms with Crippen molar-refractivity contribution < 1.29 is 0 Å². The molecule has 1 aliphatic rings. The summed E-state index contributed by atoms with van der Waals surface area (Å²) in [4.78, 5) is 12.8. The molecular formula is C22H31N7. The van der Waals surface area contributed by atoms with Gasteiger partial charge in [-0.2, -0.15) is 5.10 Å². The van der Waals surface area contributed by atoms with Gasteiger partial charge >= 0.3 is 0 Å². The van der Waals surface area contributed by atoms with Crippen molar-refractivity contribution in [2.75, 3.05) is 13.1 Å². The highest BCUT2D eigenvalue weighted by molar-refractivity contribution is 5.86. The number of fused-ring (bicyclic) bond motifs is 2. The SMILES string of the molecule is CCNC(=NCCc1c[nH]c2c(C)cccc12)NC1CCc2nc(CC)nn2C1. The number of aromatic amines is 1. The van der Waals surface area contributed by atoms with Crippen molar-refractivity contribution in [3.8, 4) is 0 Å². The topological polar surface area (TPSA) is 82.9 Å². The molecular weight excluding hydrogens is 362 g/mol. The monoisotopic (exact) mass is 393 g/mol. The van der Waals surface area contributed by atoms with Gasteiger partial charge in [-0.05, 0) is 37.8 Å². The number of rotatable bonds is 6. The first-order chi connectivity index (χ1) is 14.2. The zero-order valence-corrected chi connectivity index (χ0v) is 17.6. The van der Waals surface area contributed by atoms with Gasteiger partial charge in [0.05, 0.1) is 6.54 Å². The highest BCUT2D eigenvalue weighted by Gasteiger charge is 2.22. The highest BCUT2D eigenvalue weighted by atomic mass is 15.4. The molecule has 3 heterocycles.